The normalized spacial score (nSPS) is 30.7. The molecule has 1 aromatic heterocycles. The summed E-state index contributed by atoms with van der Waals surface area (Å²) in [7, 11) is 1.81. The van der Waals surface area contributed by atoms with Gasteiger partial charge in [0.25, 0.3) is 0 Å². The third kappa shape index (κ3) is 2.47. The first-order chi connectivity index (χ1) is 8.22. The Morgan fingerprint density at radius 1 is 1.41 bits per heavy atom. The minimum atomic E-state index is 0.550. The highest BCUT2D eigenvalue weighted by Gasteiger charge is 2.36. The lowest BCUT2D eigenvalue weighted by atomic mass is 10.1. The summed E-state index contributed by atoms with van der Waals surface area (Å²) >= 11 is 0. The number of aryl methyl sites for hydroxylation is 1. The van der Waals surface area contributed by atoms with Crippen molar-refractivity contribution in [2.75, 3.05) is 13.1 Å². The Kier molecular flexibility index (Phi) is 2.84. The molecular formula is C11H20N6. The second kappa shape index (κ2) is 4.34. The molecule has 2 heterocycles. The molecule has 1 saturated heterocycles. The number of nitrogens with zero attached hydrogens (tertiary/aromatic N) is 5. The topological polar surface area (TPSA) is 58.9 Å². The Hall–Kier alpha value is -1.01. The van der Waals surface area contributed by atoms with Crippen LogP contribution in [0.15, 0.2) is 0 Å². The molecule has 6 nitrogen and oxygen atoms in total. The second-order valence-electron chi connectivity index (χ2n) is 5.33. The smallest absolute Gasteiger partial charge is 0.188 e. The lowest BCUT2D eigenvalue weighted by molar-refractivity contribution is 0.122. The van der Waals surface area contributed by atoms with Crippen LogP contribution in [0.1, 0.15) is 25.6 Å². The first-order valence-corrected chi connectivity index (χ1v) is 6.42. The monoisotopic (exact) mass is 236 g/mol. The molecule has 3 rings (SSSR count). The van der Waals surface area contributed by atoms with Gasteiger partial charge >= 0.3 is 0 Å². The van der Waals surface area contributed by atoms with Gasteiger partial charge in [0.15, 0.2) is 5.82 Å². The summed E-state index contributed by atoms with van der Waals surface area (Å²) in [6.45, 7) is 5.26. The molecule has 1 aromatic rings. The predicted octanol–water partition coefficient (Wildman–Crippen LogP) is -0.218. The van der Waals surface area contributed by atoms with E-state index < -0.39 is 0 Å². The fourth-order valence-electron chi connectivity index (χ4n) is 2.55. The highest BCUT2D eigenvalue weighted by atomic mass is 15.6. The van der Waals surface area contributed by atoms with Gasteiger partial charge in [0.05, 0.1) is 13.6 Å². The number of hydrogen-bond acceptors (Lipinski definition) is 5. The summed E-state index contributed by atoms with van der Waals surface area (Å²) in [5.41, 5.74) is 0. The van der Waals surface area contributed by atoms with E-state index in [0.29, 0.717) is 12.1 Å². The first kappa shape index (κ1) is 11.1. The summed E-state index contributed by atoms with van der Waals surface area (Å²) < 4.78 is 0. The molecule has 2 fully saturated rings. The number of piperazine rings is 1. The van der Waals surface area contributed by atoms with Crippen LogP contribution in [-0.2, 0) is 13.6 Å². The van der Waals surface area contributed by atoms with Crippen molar-refractivity contribution in [1.29, 1.82) is 0 Å². The van der Waals surface area contributed by atoms with Crippen molar-refractivity contribution >= 4 is 0 Å². The van der Waals surface area contributed by atoms with Crippen LogP contribution in [0.2, 0.25) is 0 Å². The summed E-state index contributed by atoms with van der Waals surface area (Å²) in [4.78, 5) is 4.00. The van der Waals surface area contributed by atoms with Gasteiger partial charge in [-0.15, -0.1) is 10.2 Å². The number of tetrazole rings is 1. The van der Waals surface area contributed by atoms with Crippen molar-refractivity contribution in [3.8, 4) is 0 Å². The largest absolute Gasteiger partial charge is 0.311 e. The first-order valence-electron chi connectivity index (χ1n) is 6.42. The summed E-state index contributed by atoms with van der Waals surface area (Å²) in [6.07, 6.45) is 2.78. The van der Waals surface area contributed by atoms with E-state index in [4.69, 9.17) is 0 Å². The molecule has 2 atom stereocenters. The zero-order valence-corrected chi connectivity index (χ0v) is 10.5. The molecule has 2 unspecified atom stereocenters. The van der Waals surface area contributed by atoms with Crippen LogP contribution >= 0.6 is 0 Å². The fraction of sp³-hybridized carbons (Fsp3) is 0.909. The molecule has 1 aliphatic carbocycles. The standard InChI is InChI=1S/C11H20N6/c1-8-5-12-10(9-3-4-9)6-17(8)7-11-13-15-16(2)14-11/h8-10,12H,3-7H2,1-2H3. The molecule has 6 heteroatoms. The van der Waals surface area contributed by atoms with Crippen LogP contribution in [-0.4, -0.2) is 50.3 Å². The fourth-order valence-corrected chi connectivity index (χ4v) is 2.55. The van der Waals surface area contributed by atoms with Crippen LogP contribution in [0.3, 0.4) is 0 Å². The Bertz CT molecular complexity index is 385. The molecular weight excluding hydrogens is 216 g/mol. The van der Waals surface area contributed by atoms with E-state index in [0.717, 1.165) is 31.4 Å². The van der Waals surface area contributed by atoms with Crippen molar-refractivity contribution in [1.82, 2.24) is 30.4 Å². The quantitative estimate of drug-likeness (QED) is 0.786. The number of nitrogens with one attached hydrogen (secondary N) is 1. The second-order valence-corrected chi connectivity index (χ2v) is 5.33. The zero-order valence-electron chi connectivity index (χ0n) is 10.5. The molecule has 0 amide bonds. The molecule has 0 aromatic carbocycles. The lowest BCUT2D eigenvalue weighted by Gasteiger charge is -2.38. The molecule has 0 bridgehead atoms. The maximum absolute atomic E-state index is 4.26. The molecule has 1 aliphatic heterocycles. The van der Waals surface area contributed by atoms with E-state index in [-0.39, 0.29) is 0 Å². The van der Waals surface area contributed by atoms with Crippen LogP contribution in [0, 0.1) is 5.92 Å². The van der Waals surface area contributed by atoms with Crippen molar-refractivity contribution in [3.63, 3.8) is 0 Å². The van der Waals surface area contributed by atoms with Crippen molar-refractivity contribution in [3.05, 3.63) is 5.82 Å². The van der Waals surface area contributed by atoms with Gasteiger partial charge in [-0.2, -0.15) is 4.80 Å². The minimum Gasteiger partial charge on any atom is -0.311 e. The third-order valence-corrected chi connectivity index (χ3v) is 3.82. The molecule has 17 heavy (non-hydrogen) atoms. The average Bonchev–Trinajstić information content (AvgIpc) is 3.07. The van der Waals surface area contributed by atoms with Gasteiger partial charge in [-0.3, -0.25) is 4.90 Å². The van der Waals surface area contributed by atoms with Crippen molar-refractivity contribution in [2.45, 2.75) is 38.4 Å². The molecule has 1 N–H and O–H groups in total. The number of aromatic nitrogens is 4. The van der Waals surface area contributed by atoms with E-state index >= 15 is 0 Å². The Balaban J connectivity index is 1.63. The van der Waals surface area contributed by atoms with Crippen molar-refractivity contribution in [2.24, 2.45) is 13.0 Å². The van der Waals surface area contributed by atoms with Gasteiger partial charge in [0.2, 0.25) is 0 Å². The zero-order chi connectivity index (χ0) is 11.8. The van der Waals surface area contributed by atoms with Crippen LogP contribution in [0.4, 0.5) is 0 Å². The highest BCUT2D eigenvalue weighted by Crippen LogP contribution is 2.34. The van der Waals surface area contributed by atoms with Crippen molar-refractivity contribution < 1.29 is 0 Å². The number of rotatable bonds is 3. The van der Waals surface area contributed by atoms with E-state index in [2.05, 4.69) is 32.6 Å². The lowest BCUT2D eigenvalue weighted by Crippen LogP contribution is -2.55. The van der Waals surface area contributed by atoms with Gasteiger partial charge < -0.3 is 5.32 Å². The van der Waals surface area contributed by atoms with Crippen LogP contribution in [0.5, 0.6) is 0 Å². The number of hydrogen-bond donors (Lipinski definition) is 1. The molecule has 2 aliphatic rings. The molecule has 0 radical (unpaired) electrons. The van der Waals surface area contributed by atoms with Gasteiger partial charge in [0, 0.05) is 25.2 Å². The maximum Gasteiger partial charge on any atom is 0.188 e. The molecule has 94 valence electrons. The summed E-state index contributed by atoms with van der Waals surface area (Å²) in [5, 5.41) is 15.9. The van der Waals surface area contributed by atoms with Gasteiger partial charge in [-0.25, -0.2) is 0 Å². The minimum absolute atomic E-state index is 0.550. The van der Waals surface area contributed by atoms with E-state index in [1.807, 2.05) is 7.05 Å². The van der Waals surface area contributed by atoms with Gasteiger partial charge in [-0.1, -0.05) is 0 Å². The van der Waals surface area contributed by atoms with Crippen LogP contribution in [0.25, 0.3) is 0 Å². The van der Waals surface area contributed by atoms with E-state index in [1.165, 1.54) is 17.6 Å². The average molecular weight is 236 g/mol. The third-order valence-electron chi connectivity index (χ3n) is 3.82. The molecule has 1 saturated carbocycles. The van der Waals surface area contributed by atoms with Gasteiger partial charge in [0.1, 0.15) is 0 Å². The highest BCUT2D eigenvalue weighted by molar-refractivity contribution is 4.94. The predicted molar refractivity (Wildman–Crippen MR) is 63.2 cm³/mol. The molecule has 0 spiro atoms. The van der Waals surface area contributed by atoms with E-state index in [1.54, 1.807) is 0 Å². The van der Waals surface area contributed by atoms with Gasteiger partial charge in [-0.05, 0) is 30.9 Å². The Morgan fingerprint density at radius 3 is 2.88 bits per heavy atom. The maximum atomic E-state index is 4.26. The SMILES string of the molecule is CC1CNC(C2CC2)CN1Cc1nnn(C)n1. The Labute approximate surface area is 101 Å². The summed E-state index contributed by atoms with van der Waals surface area (Å²) in [6, 6.07) is 1.22. The van der Waals surface area contributed by atoms with Crippen LogP contribution < -0.4 is 5.32 Å². The summed E-state index contributed by atoms with van der Waals surface area (Å²) in [5.74, 6) is 1.73. The Morgan fingerprint density at radius 2 is 2.24 bits per heavy atom. The van der Waals surface area contributed by atoms with E-state index in [9.17, 15) is 0 Å².